The molecule has 0 aliphatic carbocycles. The van der Waals surface area contributed by atoms with Crippen molar-refractivity contribution in [3.8, 4) is 17.0 Å². The van der Waals surface area contributed by atoms with Gasteiger partial charge in [-0.2, -0.15) is 0 Å². The third-order valence-corrected chi connectivity index (χ3v) is 3.27. The van der Waals surface area contributed by atoms with E-state index in [1.54, 1.807) is 7.11 Å². The van der Waals surface area contributed by atoms with Gasteiger partial charge < -0.3 is 9.72 Å². The second-order valence-corrected chi connectivity index (χ2v) is 4.45. The second-order valence-electron chi connectivity index (χ2n) is 4.45. The van der Waals surface area contributed by atoms with Crippen LogP contribution in [-0.4, -0.2) is 12.1 Å². The summed E-state index contributed by atoms with van der Waals surface area (Å²) in [5.41, 5.74) is 4.80. The number of benzene rings is 2. The Morgan fingerprint density at radius 1 is 1.00 bits per heavy atom. The Morgan fingerprint density at radius 3 is 2.44 bits per heavy atom. The maximum Gasteiger partial charge on any atom is 0.118 e. The molecule has 0 atom stereocenters. The molecule has 1 N–H and O–H groups in total. The van der Waals surface area contributed by atoms with Crippen molar-refractivity contribution in [3.63, 3.8) is 0 Å². The van der Waals surface area contributed by atoms with Gasteiger partial charge in [0.1, 0.15) is 5.75 Å². The van der Waals surface area contributed by atoms with Crippen LogP contribution in [0, 0.1) is 6.92 Å². The summed E-state index contributed by atoms with van der Waals surface area (Å²) in [5.74, 6) is 0.881. The molecule has 3 aromatic rings. The summed E-state index contributed by atoms with van der Waals surface area (Å²) >= 11 is 0. The maximum absolute atomic E-state index is 5.17. The van der Waals surface area contributed by atoms with E-state index in [-0.39, 0.29) is 0 Å². The number of aryl methyl sites for hydroxylation is 1. The van der Waals surface area contributed by atoms with Crippen LogP contribution in [-0.2, 0) is 0 Å². The Balaban J connectivity index is 2.10. The fraction of sp³-hybridized carbons (Fsp3) is 0.125. The summed E-state index contributed by atoms with van der Waals surface area (Å²) in [7, 11) is 1.68. The van der Waals surface area contributed by atoms with Crippen LogP contribution in [0.5, 0.6) is 5.75 Å². The number of nitrogens with one attached hydrogen (secondary N) is 1. The van der Waals surface area contributed by atoms with E-state index >= 15 is 0 Å². The third kappa shape index (κ3) is 1.76. The number of para-hydroxylation sites is 1. The Hall–Kier alpha value is -2.22. The molecule has 0 radical (unpaired) electrons. The van der Waals surface area contributed by atoms with Crippen LogP contribution in [0.3, 0.4) is 0 Å². The van der Waals surface area contributed by atoms with Gasteiger partial charge in [0.15, 0.2) is 0 Å². The highest BCUT2D eigenvalue weighted by molar-refractivity contribution is 5.88. The molecule has 0 saturated heterocycles. The van der Waals surface area contributed by atoms with Gasteiger partial charge in [0, 0.05) is 16.6 Å². The minimum absolute atomic E-state index is 0.881. The van der Waals surface area contributed by atoms with Crippen molar-refractivity contribution >= 4 is 10.9 Å². The zero-order valence-electron chi connectivity index (χ0n) is 10.5. The highest BCUT2D eigenvalue weighted by Crippen LogP contribution is 2.27. The summed E-state index contributed by atoms with van der Waals surface area (Å²) in [5, 5.41) is 1.25. The molecule has 2 aromatic carbocycles. The van der Waals surface area contributed by atoms with Gasteiger partial charge in [0.2, 0.25) is 0 Å². The van der Waals surface area contributed by atoms with Crippen LogP contribution in [0.2, 0.25) is 0 Å². The van der Waals surface area contributed by atoms with Crippen molar-refractivity contribution in [2.45, 2.75) is 6.92 Å². The first-order valence-electron chi connectivity index (χ1n) is 6.01. The Morgan fingerprint density at radius 2 is 1.78 bits per heavy atom. The second kappa shape index (κ2) is 4.22. The van der Waals surface area contributed by atoms with E-state index in [9.17, 15) is 0 Å². The Bertz CT molecular complexity index is 680. The quantitative estimate of drug-likeness (QED) is 0.711. The predicted octanol–water partition coefficient (Wildman–Crippen LogP) is 4.15. The lowest BCUT2D eigenvalue weighted by Crippen LogP contribution is -1.82. The third-order valence-electron chi connectivity index (χ3n) is 3.27. The highest BCUT2D eigenvalue weighted by atomic mass is 16.5. The van der Waals surface area contributed by atoms with E-state index in [2.05, 4.69) is 48.3 Å². The van der Waals surface area contributed by atoms with Crippen LogP contribution >= 0.6 is 0 Å². The number of methoxy groups -OCH3 is 1. The largest absolute Gasteiger partial charge is 0.497 e. The van der Waals surface area contributed by atoms with E-state index in [1.165, 1.54) is 22.0 Å². The molecule has 3 rings (SSSR count). The number of ether oxygens (including phenoxy) is 1. The number of H-pyrrole nitrogens is 1. The first-order valence-corrected chi connectivity index (χ1v) is 6.01. The molecule has 0 amide bonds. The topological polar surface area (TPSA) is 25.0 Å². The van der Waals surface area contributed by atoms with Crippen molar-refractivity contribution in [1.29, 1.82) is 0 Å². The van der Waals surface area contributed by atoms with E-state index < -0.39 is 0 Å². The molecule has 0 saturated carbocycles. The lowest BCUT2D eigenvalue weighted by atomic mass is 10.1. The Kier molecular flexibility index (Phi) is 2.56. The van der Waals surface area contributed by atoms with Crippen LogP contribution in [0.4, 0.5) is 0 Å². The van der Waals surface area contributed by atoms with E-state index in [4.69, 9.17) is 4.74 Å². The zero-order valence-corrected chi connectivity index (χ0v) is 10.5. The minimum atomic E-state index is 0.881. The molecule has 0 aliphatic rings. The van der Waals surface area contributed by atoms with E-state index in [0.29, 0.717) is 0 Å². The number of hydrogen-bond donors (Lipinski definition) is 1. The monoisotopic (exact) mass is 237 g/mol. The lowest BCUT2D eigenvalue weighted by molar-refractivity contribution is 0.415. The summed E-state index contributed by atoms with van der Waals surface area (Å²) in [4.78, 5) is 3.48. The average Bonchev–Trinajstić information content (AvgIpc) is 2.84. The number of aromatic nitrogens is 1. The zero-order chi connectivity index (χ0) is 12.5. The SMILES string of the molecule is COc1ccc(-c2cc3cccc(C)c3[nH]2)cc1. The number of hydrogen-bond acceptors (Lipinski definition) is 1. The van der Waals surface area contributed by atoms with Crippen molar-refractivity contribution in [2.24, 2.45) is 0 Å². The number of fused-ring (bicyclic) bond motifs is 1. The normalized spacial score (nSPS) is 10.8. The average molecular weight is 237 g/mol. The molecular weight excluding hydrogens is 222 g/mol. The van der Waals surface area contributed by atoms with Crippen molar-refractivity contribution in [3.05, 3.63) is 54.1 Å². The summed E-state index contributed by atoms with van der Waals surface area (Å²) in [6.45, 7) is 2.12. The standard InChI is InChI=1S/C16H15NO/c1-11-4-3-5-13-10-15(17-16(11)13)12-6-8-14(18-2)9-7-12/h3-10,17H,1-2H3. The van der Waals surface area contributed by atoms with Gasteiger partial charge in [0.25, 0.3) is 0 Å². The lowest BCUT2D eigenvalue weighted by Gasteiger charge is -2.01. The van der Waals surface area contributed by atoms with Crippen LogP contribution in [0.25, 0.3) is 22.2 Å². The molecule has 0 bridgehead atoms. The molecule has 2 nitrogen and oxygen atoms in total. The highest BCUT2D eigenvalue weighted by Gasteiger charge is 2.04. The predicted molar refractivity (Wildman–Crippen MR) is 75.0 cm³/mol. The number of rotatable bonds is 2. The molecule has 1 heterocycles. The maximum atomic E-state index is 5.17. The minimum Gasteiger partial charge on any atom is -0.497 e. The first-order chi connectivity index (χ1) is 8.78. The molecule has 1 aromatic heterocycles. The van der Waals surface area contributed by atoms with Crippen LogP contribution < -0.4 is 4.74 Å². The van der Waals surface area contributed by atoms with E-state index in [0.717, 1.165) is 11.4 Å². The van der Waals surface area contributed by atoms with Gasteiger partial charge in [-0.3, -0.25) is 0 Å². The van der Waals surface area contributed by atoms with Gasteiger partial charge >= 0.3 is 0 Å². The van der Waals surface area contributed by atoms with Gasteiger partial charge in [-0.1, -0.05) is 18.2 Å². The fourth-order valence-electron chi connectivity index (χ4n) is 2.23. The van der Waals surface area contributed by atoms with Crippen molar-refractivity contribution < 1.29 is 4.74 Å². The number of aromatic amines is 1. The summed E-state index contributed by atoms with van der Waals surface area (Å²) in [6.07, 6.45) is 0. The van der Waals surface area contributed by atoms with Crippen LogP contribution in [0.1, 0.15) is 5.56 Å². The molecule has 90 valence electrons. The summed E-state index contributed by atoms with van der Waals surface area (Å²) < 4.78 is 5.17. The fourth-order valence-corrected chi connectivity index (χ4v) is 2.23. The van der Waals surface area contributed by atoms with Gasteiger partial charge in [0.05, 0.1) is 7.11 Å². The Labute approximate surface area is 106 Å². The molecule has 0 unspecified atom stereocenters. The summed E-state index contributed by atoms with van der Waals surface area (Å²) in [6, 6.07) is 16.6. The molecular formula is C16H15NO. The molecule has 0 fully saturated rings. The first kappa shape index (κ1) is 10.9. The van der Waals surface area contributed by atoms with Gasteiger partial charge in [-0.15, -0.1) is 0 Å². The van der Waals surface area contributed by atoms with Gasteiger partial charge in [-0.25, -0.2) is 0 Å². The van der Waals surface area contributed by atoms with Crippen molar-refractivity contribution in [2.75, 3.05) is 7.11 Å². The van der Waals surface area contributed by atoms with E-state index in [1.807, 2.05) is 12.1 Å². The molecule has 2 heteroatoms. The molecule has 18 heavy (non-hydrogen) atoms. The molecule has 0 spiro atoms. The molecule has 0 aliphatic heterocycles. The van der Waals surface area contributed by atoms with Crippen LogP contribution in [0.15, 0.2) is 48.5 Å². The smallest absolute Gasteiger partial charge is 0.118 e. The van der Waals surface area contributed by atoms with Gasteiger partial charge in [-0.05, 0) is 48.4 Å². The van der Waals surface area contributed by atoms with Crippen molar-refractivity contribution in [1.82, 2.24) is 4.98 Å².